The molecule has 0 spiro atoms. The van der Waals surface area contributed by atoms with Gasteiger partial charge in [0.25, 0.3) is 0 Å². The van der Waals surface area contributed by atoms with Gasteiger partial charge in [0.15, 0.2) is 0 Å². The van der Waals surface area contributed by atoms with Crippen molar-refractivity contribution in [3.63, 3.8) is 0 Å². The van der Waals surface area contributed by atoms with Gasteiger partial charge in [0, 0.05) is 17.5 Å². The van der Waals surface area contributed by atoms with Crippen LogP contribution in [0.25, 0.3) is 22.1 Å². The summed E-state index contributed by atoms with van der Waals surface area (Å²) in [5.41, 5.74) is -1.75. The van der Waals surface area contributed by atoms with E-state index in [1.54, 1.807) is 6.92 Å². The minimum atomic E-state index is -4.90. The van der Waals surface area contributed by atoms with E-state index < -0.39 is 28.9 Å². The Labute approximate surface area is 156 Å². The van der Waals surface area contributed by atoms with Crippen molar-refractivity contribution in [2.75, 3.05) is 0 Å². The molecule has 8 heteroatoms. The summed E-state index contributed by atoms with van der Waals surface area (Å²) in [7, 11) is 0. The number of halogens is 4. The van der Waals surface area contributed by atoms with Gasteiger partial charge in [0.05, 0.1) is 10.9 Å². The number of esters is 1. The highest BCUT2D eigenvalue weighted by molar-refractivity contribution is 6.30. The molecule has 1 heterocycles. The number of carbonyl (C=O) groups is 1. The number of ether oxygens (including phenoxy) is 1. The maximum absolute atomic E-state index is 13.5. The molecule has 0 aliphatic heterocycles. The van der Waals surface area contributed by atoms with E-state index in [1.807, 2.05) is 0 Å². The number of hydrogen-bond acceptors (Lipinski definition) is 4. The topological polar surface area (TPSA) is 56.5 Å². The molecule has 3 rings (SSSR count). The molecule has 27 heavy (non-hydrogen) atoms. The Balaban J connectivity index is 2.27. The maximum Gasteiger partial charge on any atom is 0.450 e. The Morgan fingerprint density at radius 2 is 1.81 bits per heavy atom. The Hall–Kier alpha value is -2.80. The third-order valence-corrected chi connectivity index (χ3v) is 4.03. The van der Waals surface area contributed by atoms with Gasteiger partial charge in [-0.05, 0) is 29.8 Å². The Bertz CT molecular complexity index is 1070. The highest BCUT2D eigenvalue weighted by Gasteiger charge is 2.39. The number of alkyl halides is 3. The molecule has 0 amide bonds. The van der Waals surface area contributed by atoms with Crippen LogP contribution < -0.4 is 10.2 Å². The highest BCUT2D eigenvalue weighted by atomic mass is 35.5. The molecule has 0 saturated heterocycles. The fourth-order valence-corrected chi connectivity index (χ4v) is 2.64. The van der Waals surface area contributed by atoms with Gasteiger partial charge >= 0.3 is 12.1 Å². The zero-order valence-electron chi connectivity index (χ0n) is 13.9. The third kappa shape index (κ3) is 3.83. The lowest BCUT2D eigenvalue weighted by Crippen LogP contribution is -2.16. The lowest BCUT2D eigenvalue weighted by Gasteiger charge is -2.13. The summed E-state index contributed by atoms with van der Waals surface area (Å²) in [6.07, 6.45) is -4.82. The summed E-state index contributed by atoms with van der Waals surface area (Å²) in [6.45, 7) is 1.57. The number of rotatable bonds is 3. The Morgan fingerprint density at radius 1 is 1.15 bits per heavy atom. The van der Waals surface area contributed by atoms with Crippen molar-refractivity contribution < 1.29 is 27.1 Å². The van der Waals surface area contributed by atoms with Crippen molar-refractivity contribution in [2.45, 2.75) is 19.5 Å². The molecule has 0 aliphatic carbocycles. The lowest BCUT2D eigenvalue weighted by molar-refractivity contribution is -0.152. The summed E-state index contributed by atoms with van der Waals surface area (Å²) in [4.78, 5) is 24.1. The van der Waals surface area contributed by atoms with Crippen LogP contribution in [0.4, 0.5) is 13.2 Å². The minimum absolute atomic E-state index is 0.00938. The van der Waals surface area contributed by atoms with Crippen molar-refractivity contribution in [2.24, 2.45) is 0 Å². The van der Waals surface area contributed by atoms with E-state index in [9.17, 15) is 22.8 Å². The lowest BCUT2D eigenvalue weighted by atomic mass is 10.0. The molecule has 0 N–H and O–H groups in total. The van der Waals surface area contributed by atoms with Gasteiger partial charge in [0.1, 0.15) is 11.3 Å². The van der Waals surface area contributed by atoms with Gasteiger partial charge in [-0.2, -0.15) is 13.2 Å². The van der Waals surface area contributed by atoms with Crippen LogP contribution in [-0.2, 0) is 11.0 Å². The molecular formula is C19H12ClF3O4. The third-order valence-electron chi connectivity index (χ3n) is 3.77. The van der Waals surface area contributed by atoms with E-state index in [4.69, 9.17) is 20.8 Å². The van der Waals surface area contributed by atoms with Crippen LogP contribution in [-0.4, -0.2) is 5.97 Å². The van der Waals surface area contributed by atoms with E-state index in [0.29, 0.717) is 5.02 Å². The van der Waals surface area contributed by atoms with Crippen molar-refractivity contribution in [3.8, 4) is 16.9 Å². The molecule has 0 saturated carbocycles. The minimum Gasteiger partial charge on any atom is -0.450 e. The molecule has 0 radical (unpaired) electrons. The summed E-state index contributed by atoms with van der Waals surface area (Å²) in [5, 5.41) is 0.254. The second-order valence-electron chi connectivity index (χ2n) is 5.63. The van der Waals surface area contributed by atoms with Crippen molar-refractivity contribution in [1.82, 2.24) is 0 Å². The molecule has 0 bridgehead atoms. The normalized spacial score (nSPS) is 11.6. The van der Waals surface area contributed by atoms with Crippen LogP contribution in [0, 0.1) is 0 Å². The molecular weight excluding hydrogens is 385 g/mol. The van der Waals surface area contributed by atoms with Crippen molar-refractivity contribution in [1.29, 1.82) is 0 Å². The largest absolute Gasteiger partial charge is 0.450 e. The van der Waals surface area contributed by atoms with Crippen LogP contribution in [0.1, 0.15) is 19.1 Å². The number of carbonyl (C=O) groups excluding carboxylic acids is 1. The molecule has 0 fully saturated rings. The summed E-state index contributed by atoms with van der Waals surface area (Å²) >= 11 is 5.77. The van der Waals surface area contributed by atoms with Gasteiger partial charge in [0.2, 0.25) is 11.2 Å². The maximum atomic E-state index is 13.5. The summed E-state index contributed by atoms with van der Waals surface area (Å²) in [6, 6.07) is 9.07. The van der Waals surface area contributed by atoms with Crippen LogP contribution in [0.5, 0.6) is 5.75 Å². The molecule has 3 aromatic rings. The monoisotopic (exact) mass is 396 g/mol. The Morgan fingerprint density at radius 3 is 2.41 bits per heavy atom. The van der Waals surface area contributed by atoms with Gasteiger partial charge in [-0.15, -0.1) is 0 Å². The quantitative estimate of drug-likeness (QED) is 0.436. The molecule has 4 nitrogen and oxygen atoms in total. The first kappa shape index (κ1) is 19.0. The first-order valence-electron chi connectivity index (χ1n) is 7.85. The first-order chi connectivity index (χ1) is 12.7. The molecule has 1 aromatic heterocycles. The van der Waals surface area contributed by atoms with Gasteiger partial charge in [-0.3, -0.25) is 9.59 Å². The number of hydrogen-bond donors (Lipinski definition) is 0. The molecule has 0 aliphatic rings. The van der Waals surface area contributed by atoms with Gasteiger partial charge < -0.3 is 9.15 Å². The van der Waals surface area contributed by atoms with Crippen molar-refractivity contribution >= 4 is 28.5 Å². The van der Waals surface area contributed by atoms with Gasteiger partial charge in [-0.1, -0.05) is 30.7 Å². The standard InChI is InChI=1S/C19H12ClF3O4/c1-2-15(24)26-12-7-8-13-14(9-12)27-18(19(21,22)23)16(17(13)25)10-3-5-11(20)6-4-10/h3-9H,2H2,1H3. The SMILES string of the molecule is CCC(=O)Oc1ccc2c(=O)c(-c3ccc(Cl)cc3)c(C(F)(F)F)oc2c1. The van der Waals surface area contributed by atoms with Gasteiger partial charge in [-0.25, -0.2) is 0 Å². The molecule has 0 unspecified atom stereocenters. The second kappa shape index (κ2) is 7.08. The zero-order chi connectivity index (χ0) is 19.8. The molecule has 140 valence electrons. The predicted octanol–water partition coefficient (Wildman–Crippen LogP) is 5.45. The van der Waals surface area contributed by atoms with E-state index in [0.717, 1.165) is 6.07 Å². The molecule has 2 aromatic carbocycles. The van der Waals surface area contributed by atoms with E-state index in [-0.39, 0.29) is 28.7 Å². The average Bonchev–Trinajstić information content (AvgIpc) is 2.61. The highest BCUT2D eigenvalue weighted by Crippen LogP contribution is 2.38. The Kier molecular flexibility index (Phi) is 4.97. The van der Waals surface area contributed by atoms with Crippen LogP contribution in [0.2, 0.25) is 5.02 Å². The summed E-state index contributed by atoms with van der Waals surface area (Å²) < 4.78 is 50.6. The van der Waals surface area contributed by atoms with Crippen LogP contribution >= 0.6 is 11.6 Å². The van der Waals surface area contributed by atoms with Crippen LogP contribution in [0.15, 0.2) is 51.7 Å². The van der Waals surface area contributed by atoms with Crippen molar-refractivity contribution in [3.05, 3.63) is 63.5 Å². The second-order valence-corrected chi connectivity index (χ2v) is 6.06. The smallest absolute Gasteiger partial charge is 0.450 e. The zero-order valence-corrected chi connectivity index (χ0v) is 14.6. The number of benzene rings is 2. The van der Waals surface area contributed by atoms with E-state index in [2.05, 4.69) is 0 Å². The van der Waals surface area contributed by atoms with E-state index in [1.165, 1.54) is 36.4 Å². The predicted molar refractivity (Wildman–Crippen MR) is 93.9 cm³/mol. The van der Waals surface area contributed by atoms with Crippen LogP contribution in [0.3, 0.4) is 0 Å². The molecule has 0 atom stereocenters. The average molecular weight is 397 g/mol. The number of fused-ring (bicyclic) bond motifs is 1. The fraction of sp³-hybridized carbons (Fsp3) is 0.158. The summed E-state index contributed by atoms with van der Waals surface area (Å²) in [5.74, 6) is -2.00. The van der Waals surface area contributed by atoms with E-state index >= 15 is 0 Å². The fourth-order valence-electron chi connectivity index (χ4n) is 2.52. The first-order valence-corrected chi connectivity index (χ1v) is 8.23.